The zero-order valence-electron chi connectivity index (χ0n) is 19.4. The van der Waals surface area contributed by atoms with Crippen molar-refractivity contribution in [1.82, 2.24) is 4.98 Å². The van der Waals surface area contributed by atoms with E-state index in [1.165, 1.54) is 24.0 Å². The van der Waals surface area contributed by atoms with E-state index in [1.54, 1.807) is 20.1 Å². The van der Waals surface area contributed by atoms with E-state index in [-0.39, 0.29) is 5.78 Å². The van der Waals surface area contributed by atoms with Crippen molar-refractivity contribution < 1.29 is 9.53 Å². The maximum Gasteiger partial charge on any atom is 0.164 e. The van der Waals surface area contributed by atoms with Crippen molar-refractivity contribution in [3.63, 3.8) is 0 Å². The molecule has 0 amide bonds. The molecule has 3 rings (SSSR count). The van der Waals surface area contributed by atoms with E-state index in [0.717, 1.165) is 17.5 Å². The highest BCUT2D eigenvalue weighted by atomic mass is 16.5. The fraction of sp³-hybridized carbons (Fsp3) is 0.241. The van der Waals surface area contributed by atoms with Crippen LogP contribution in [0.15, 0.2) is 61.2 Å². The minimum atomic E-state index is -0.0778. The van der Waals surface area contributed by atoms with Gasteiger partial charge in [0.15, 0.2) is 11.5 Å². The first kappa shape index (κ1) is 23.2. The van der Waals surface area contributed by atoms with Gasteiger partial charge in [-0.15, -0.1) is 0 Å². The van der Waals surface area contributed by atoms with Crippen molar-refractivity contribution in [3.8, 4) is 28.1 Å². The van der Waals surface area contributed by atoms with Gasteiger partial charge in [-0.3, -0.25) is 4.79 Å². The summed E-state index contributed by atoms with van der Waals surface area (Å²) in [6.45, 7) is 9.56. The molecule has 0 bridgehead atoms. The number of methoxy groups -OCH3 is 1. The molecule has 0 radical (unpaired) electrons. The summed E-state index contributed by atoms with van der Waals surface area (Å²) >= 11 is 0. The highest BCUT2D eigenvalue weighted by Crippen LogP contribution is 2.37. The molecule has 0 aliphatic carbocycles. The fourth-order valence-corrected chi connectivity index (χ4v) is 3.90. The maximum absolute atomic E-state index is 12.5. The van der Waals surface area contributed by atoms with Crippen LogP contribution in [0.4, 0.5) is 0 Å². The fourth-order valence-electron chi connectivity index (χ4n) is 3.90. The Morgan fingerprint density at radius 3 is 2.12 bits per heavy atom. The van der Waals surface area contributed by atoms with E-state index in [1.807, 2.05) is 31.2 Å². The number of aryl methyl sites for hydroxylation is 1. The molecule has 3 nitrogen and oxygen atoms in total. The Hall–Kier alpha value is -3.46. The number of Topliss-reactive ketones (excluding diaryl/α,β-unsaturated/α-hetero) is 1. The average Bonchev–Trinajstić information content (AvgIpc) is 2.82. The number of hydrogen-bond donors (Lipinski definition) is 0. The molecule has 0 atom stereocenters. The van der Waals surface area contributed by atoms with Crippen LogP contribution in [0.5, 0.6) is 5.75 Å². The monoisotopic (exact) mass is 425 g/mol. The molecule has 0 aliphatic rings. The van der Waals surface area contributed by atoms with Crippen LogP contribution in [0, 0.1) is 0 Å². The minimum absolute atomic E-state index is 0.0778. The molecule has 1 aromatic heterocycles. The molecule has 0 spiro atoms. The van der Waals surface area contributed by atoms with E-state index in [4.69, 9.17) is 9.72 Å². The molecule has 0 unspecified atom stereocenters. The second-order valence-electron chi connectivity index (χ2n) is 7.81. The lowest BCUT2D eigenvalue weighted by Crippen LogP contribution is -2.07. The van der Waals surface area contributed by atoms with Crippen LogP contribution in [0.25, 0.3) is 34.5 Å². The molecule has 0 saturated heterocycles. The summed E-state index contributed by atoms with van der Waals surface area (Å²) in [6, 6.07) is 17.0. The Morgan fingerprint density at radius 2 is 1.62 bits per heavy atom. The largest absolute Gasteiger partial charge is 0.494 e. The van der Waals surface area contributed by atoms with Crippen molar-refractivity contribution >= 4 is 17.9 Å². The van der Waals surface area contributed by atoms with Crippen molar-refractivity contribution in [2.75, 3.05) is 7.11 Å². The Morgan fingerprint density at radius 1 is 1.03 bits per heavy atom. The van der Waals surface area contributed by atoms with Crippen LogP contribution in [0.1, 0.15) is 60.8 Å². The van der Waals surface area contributed by atoms with Crippen LogP contribution in [-0.4, -0.2) is 17.9 Å². The van der Waals surface area contributed by atoms with E-state index < -0.39 is 0 Å². The summed E-state index contributed by atoms with van der Waals surface area (Å²) in [7, 11) is 1.57. The Balaban J connectivity index is 2.04. The highest BCUT2D eigenvalue weighted by molar-refractivity contribution is 6.03. The minimum Gasteiger partial charge on any atom is -0.494 e. The van der Waals surface area contributed by atoms with Crippen molar-refractivity contribution in [2.45, 2.75) is 40.0 Å². The molecule has 0 saturated carbocycles. The van der Waals surface area contributed by atoms with Gasteiger partial charge in [0, 0.05) is 11.1 Å². The molecule has 0 N–H and O–H groups in total. The van der Waals surface area contributed by atoms with Gasteiger partial charge in [0.2, 0.25) is 0 Å². The van der Waals surface area contributed by atoms with E-state index >= 15 is 0 Å². The van der Waals surface area contributed by atoms with Crippen LogP contribution in [-0.2, 0) is 6.42 Å². The second-order valence-corrected chi connectivity index (χ2v) is 7.81. The number of nitrogens with zero attached hydrogens (tertiary/aromatic N) is 1. The lowest BCUT2D eigenvalue weighted by Gasteiger charge is -2.17. The van der Waals surface area contributed by atoms with Gasteiger partial charge < -0.3 is 4.74 Å². The highest BCUT2D eigenvalue weighted by Gasteiger charge is 2.22. The van der Waals surface area contributed by atoms with Gasteiger partial charge in [0.1, 0.15) is 5.69 Å². The SMILES string of the molecule is C=Cc1c(/C=C\C)nc(-c2ccc(-c3ccc(CCCC)cc3)cc2)c(OC)c1C(C)=O. The molecule has 3 heteroatoms. The quantitative estimate of drug-likeness (QED) is 0.331. The number of ether oxygens (including phenoxy) is 1. The number of carbonyl (C=O) groups excluding carboxylic acids is 1. The normalized spacial score (nSPS) is 11.0. The molecule has 0 aliphatic heterocycles. The number of ketones is 1. The Kier molecular flexibility index (Phi) is 7.77. The van der Waals surface area contributed by atoms with Gasteiger partial charge in [-0.05, 0) is 49.5 Å². The van der Waals surface area contributed by atoms with Crippen molar-refractivity contribution in [2.24, 2.45) is 0 Å². The number of aromatic nitrogens is 1. The molecule has 2 aromatic carbocycles. The first-order valence-electron chi connectivity index (χ1n) is 11.1. The Bertz CT molecular complexity index is 1120. The number of hydrogen-bond acceptors (Lipinski definition) is 3. The molecule has 0 fully saturated rings. The van der Waals surface area contributed by atoms with Gasteiger partial charge in [0.25, 0.3) is 0 Å². The van der Waals surface area contributed by atoms with E-state index in [9.17, 15) is 4.79 Å². The van der Waals surface area contributed by atoms with Gasteiger partial charge in [0.05, 0.1) is 18.4 Å². The van der Waals surface area contributed by atoms with Gasteiger partial charge >= 0.3 is 0 Å². The van der Waals surface area contributed by atoms with Gasteiger partial charge in [-0.1, -0.05) is 80.6 Å². The third-order valence-electron chi connectivity index (χ3n) is 5.57. The Labute approximate surface area is 191 Å². The van der Waals surface area contributed by atoms with E-state index in [0.29, 0.717) is 28.3 Å². The third-order valence-corrected chi connectivity index (χ3v) is 5.57. The molecule has 3 aromatic rings. The molecule has 32 heavy (non-hydrogen) atoms. The van der Waals surface area contributed by atoms with Gasteiger partial charge in [-0.2, -0.15) is 0 Å². The molecular formula is C29H31NO2. The lowest BCUT2D eigenvalue weighted by atomic mass is 9.96. The maximum atomic E-state index is 12.5. The van der Waals surface area contributed by atoms with E-state index in [2.05, 4.69) is 49.9 Å². The van der Waals surface area contributed by atoms with Crippen LogP contribution in [0.3, 0.4) is 0 Å². The van der Waals surface area contributed by atoms with Crippen LogP contribution < -0.4 is 4.74 Å². The summed E-state index contributed by atoms with van der Waals surface area (Å²) in [5, 5.41) is 0. The summed E-state index contributed by atoms with van der Waals surface area (Å²) in [5.41, 5.74) is 7.14. The summed E-state index contributed by atoms with van der Waals surface area (Å²) in [4.78, 5) is 17.3. The molecule has 1 heterocycles. The predicted molar refractivity (Wildman–Crippen MR) is 135 cm³/mol. The summed E-state index contributed by atoms with van der Waals surface area (Å²) in [6.07, 6.45) is 9.00. The number of benzene rings is 2. The predicted octanol–water partition coefficient (Wildman–Crippen LogP) is 7.65. The standard InChI is InChI=1S/C29H31NO2/c1-6-9-11-21-12-14-22(15-13-21)23-16-18-24(19-17-23)28-29(32-5)27(20(4)31)25(8-3)26(30-28)10-7-2/h7-8,10,12-19H,3,6,9,11H2,1-2,4-5H3/b10-7-. The summed E-state index contributed by atoms with van der Waals surface area (Å²) < 4.78 is 5.67. The van der Waals surface area contributed by atoms with Crippen LogP contribution >= 0.6 is 0 Å². The lowest BCUT2D eigenvalue weighted by molar-refractivity contribution is 0.101. The zero-order valence-corrected chi connectivity index (χ0v) is 19.4. The van der Waals surface area contributed by atoms with Gasteiger partial charge in [-0.25, -0.2) is 4.98 Å². The summed E-state index contributed by atoms with van der Waals surface area (Å²) in [5.74, 6) is 0.402. The molecule has 164 valence electrons. The topological polar surface area (TPSA) is 39.2 Å². The number of rotatable bonds is 9. The number of allylic oxidation sites excluding steroid dienone is 1. The first-order valence-corrected chi connectivity index (χ1v) is 11.1. The third kappa shape index (κ3) is 4.88. The first-order chi connectivity index (χ1) is 15.5. The average molecular weight is 426 g/mol. The van der Waals surface area contributed by atoms with Crippen LogP contribution in [0.2, 0.25) is 0 Å². The molecular weight excluding hydrogens is 394 g/mol. The second kappa shape index (κ2) is 10.7. The smallest absolute Gasteiger partial charge is 0.164 e. The zero-order chi connectivity index (χ0) is 23.1. The van der Waals surface area contributed by atoms with Crippen molar-refractivity contribution in [1.29, 1.82) is 0 Å². The van der Waals surface area contributed by atoms with Crippen molar-refractivity contribution in [3.05, 3.63) is 83.6 Å². The number of carbonyl (C=O) groups is 1. The number of pyridine rings is 1. The number of unbranched alkanes of at least 4 members (excludes halogenated alkanes) is 1.